The lowest BCUT2D eigenvalue weighted by molar-refractivity contribution is 0.306. The predicted molar refractivity (Wildman–Crippen MR) is 121 cm³/mol. The highest BCUT2D eigenvalue weighted by Gasteiger charge is 2.27. The summed E-state index contributed by atoms with van der Waals surface area (Å²) in [6, 6.07) is 18.5. The van der Waals surface area contributed by atoms with Crippen LogP contribution in [0.4, 0.5) is 10.1 Å². The number of methoxy groups -OCH3 is 1. The van der Waals surface area contributed by atoms with Gasteiger partial charge in [0.1, 0.15) is 23.9 Å². The van der Waals surface area contributed by atoms with E-state index in [1.807, 2.05) is 30.3 Å². The first-order chi connectivity index (χ1) is 14.4. The predicted octanol–water partition coefficient (Wildman–Crippen LogP) is 6.69. The summed E-state index contributed by atoms with van der Waals surface area (Å²) in [6.07, 6.45) is 2.23. The zero-order valence-electron chi connectivity index (χ0n) is 17.8. The minimum Gasteiger partial charge on any atom is -0.496 e. The van der Waals surface area contributed by atoms with E-state index in [2.05, 4.69) is 44.3 Å². The molecule has 0 saturated heterocycles. The fourth-order valence-corrected chi connectivity index (χ4v) is 4.16. The first-order valence-corrected chi connectivity index (χ1v) is 10.0. The molecule has 1 heterocycles. The molecule has 0 atom stereocenters. The van der Waals surface area contributed by atoms with Crippen LogP contribution in [0, 0.1) is 5.82 Å². The van der Waals surface area contributed by atoms with Gasteiger partial charge in [0.2, 0.25) is 0 Å². The Balaban J connectivity index is 1.87. The van der Waals surface area contributed by atoms with Crippen LogP contribution < -0.4 is 14.8 Å². The quantitative estimate of drug-likeness (QED) is 0.515. The Hall–Kier alpha value is -3.27. The topological polar surface area (TPSA) is 30.5 Å². The Labute approximate surface area is 177 Å². The van der Waals surface area contributed by atoms with Gasteiger partial charge in [0.25, 0.3) is 0 Å². The van der Waals surface area contributed by atoms with E-state index in [1.165, 1.54) is 17.7 Å². The zero-order chi connectivity index (χ0) is 21.3. The van der Waals surface area contributed by atoms with Gasteiger partial charge < -0.3 is 14.8 Å². The van der Waals surface area contributed by atoms with Crippen LogP contribution in [-0.4, -0.2) is 12.6 Å². The number of para-hydroxylation sites is 1. The summed E-state index contributed by atoms with van der Waals surface area (Å²) >= 11 is 0. The average Bonchev–Trinajstić information content (AvgIpc) is 2.71. The number of rotatable bonds is 5. The van der Waals surface area contributed by atoms with Crippen molar-refractivity contribution in [1.82, 2.24) is 0 Å². The number of halogens is 1. The van der Waals surface area contributed by atoms with Gasteiger partial charge in [-0.1, -0.05) is 30.3 Å². The molecule has 0 radical (unpaired) electrons. The number of benzene rings is 3. The number of allylic oxidation sites excluding steroid dienone is 1. The molecule has 1 N–H and O–H groups in total. The maximum Gasteiger partial charge on any atom is 0.129 e. The second-order valence-electron chi connectivity index (χ2n) is 8.13. The highest BCUT2D eigenvalue weighted by Crippen LogP contribution is 2.42. The Kier molecular flexibility index (Phi) is 5.25. The van der Waals surface area contributed by atoms with Crippen molar-refractivity contribution >= 4 is 11.3 Å². The third-order valence-electron chi connectivity index (χ3n) is 5.32. The molecule has 0 saturated carbocycles. The van der Waals surface area contributed by atoms with Gasteiger partial charge in [0.15, 0.2) is 0 Å². The number of ether oxygens (including phenoxy) is 2. The summed E-state index contributed by atoms with van der Waals surface area (Å²) in [5.41, 5.74) is 6.08. The maximum atomic E-state index is 13.8. The number of hydrogen-bond donors (Lipinski definition) is 1. The van der Waals surface area contributed by atoms with Gasteiger partial charge in [-0.25, -0.2) is 4.39 Å². The molecule has 3 nitrogen and oxygen atoms in total. The Morgan fingerprint density at radius 2 is 1.70 bits per heavy atom. The van der Waals surface area contributed by atoms with Crippen LogP contribution in [0.1, 0.15) is 31.9 Å². The molecule has 4 heteroatoms. The molecule has 0 aromatic heterocycles. The summed E-state index contributed by atoms with van der Waals surface area (Å²) in [5, 5.41) is 3.60. The smallest absolute Gasteiger partial charge is 0.129 e. The van der Waals surface area contributed by atoms with E-state index in [-0.39, 0.29) is 11.4 Å². The molecule has 0 unspecified atom stereocenters. The normalized spacial score (nSPS) is 14.4. The lowest BCUT2D eigenvalue weighted by Gasteiger charge is -2.33. The molecule has 3 aromatic rings. The molecule has 0 spiro atoms. The summed E-state index contributed by atoms with van der Waals surface area (Å²) in [4.78, 5) is 0. The molecule has 3 aromatic carbocycles. The van der Waals surface area contributed by atoms with Crippen LogP contribution in [0.5, 0.6) is 11.5 Å². The molecule has 0 aliphatic carbocycles. The Morgan fingerprint density at radius 1 is 0.967 bits per heavy atom. The number of anilines is 1. The van der Waals surface area contributed by atoms with Gasteiger partial charge in [-0.2, -0.15) is 0 Å². The maximum absolute atomic E-state index is 13.8. The lowest BCUT2D eigenvalue weighted by Crippen LogP contribution is -2.32. The molecule has 154 valence electrons. The Bertz CT molecular complexity index is 1100. The fraction of sp³-hybridized carbons (Fsp3) is 0.231. The minimum absolute atomic E-state index is 0.135. The van der Waals surface area contributed by atoms with Crippen molar-refractivity contribution in [3.05, 3.63) is 83.7 Å². The first-order valence-electron chi connectivity index (χ1n) is 10.0. The average molecular weight is 403 g/mol. The van der Waals surface area contributed by atoms with Crippen molar-refractivity contribution in [2.45, 2.75) is 32.9 Å². The van der Waals surface area contributed by atoms with Crippen molar-refractivity contribution in [3.63, 3.8) is 0 Å². The summed E-state index contributed by atoms with van der Waals surface area (Å²) in [6.45, 7) is 6.81. The fourth-order valence-electron chi connectivity index (χ4n) is 4.16. The van der Waals surface area contributed by atoms with Crippen molar-refractivity contribution in [2.24, 2.45) is 0 Å². The van der Waals surface area contributed by atoms with Gasteiger partial charge >= 0.3 is 0 Å². The third-order valence-corrected chi connectivity index (χ3v) is 5.32. The number of hydrogen-bond acceptors (Lipinski definition) is 3. The van der Waals surface area contributed by atoms with Crippen LogP contribution in [0.3, 0.4) is 0 Å². The van der Waals surface area contributed by atoms with E-state index in [9.17, 15) is 4.39 Å². The van der Waals surface area contributed by atoms with Crippen molar-refractivity contribution in [1.29, 1.82) is 0 Å². The van der Waals surface area contributed by atoms with Crippen molar-refractivity contribution < 1.29 is 13.9 Å². The van der Waals surface area contributed by atoms with Gasteiger partial charge in [-0.05, 0) is 62.2 Å². The van der Waals surface area contributed by atoms with Crippen LogP contribution in [-0.2, 0) is 6.61 Å². The standard InChI is InChI=1S/C26H26FNO2/c1-17-15-26(2,3)28-23-13-12-20(21-11-10-18(27)14-24(21)29-4)22(25(17)23)16-30-19-8-6-5-7-9-19/h5-15,28H,16H2,1-4H3. The number of nitrogens with one attached hydrogen (secondary N) is 1. The highest BCUT2D eigenvalue weighted by molar-refractivity contribution is 5.88. The minimum atomic E-state index is -0.324. The molecule has 1 aliphatic heterocycles. The third kappa shape index (κ3) is 3.90. The van der Waals surface area contributed by atoms with E-state index in [4.69, 9.17) is 9.47 Å². The molecule has 0 amide bonds. The molecular weight excluding hydrogens is 377 g/mol. The SMILES string of the molecule is COc1cc(F)ccc1-c1ccc2c(c1COc1ccccc1)C(C)=CC(C)(C)N2. The van der Waals surface area contributed by atoms with Crippen LogP contribution in [0.25, 0.3) is 16.7 Å². The van der Waals surface area contributed by atoms with E-state index in [0.717, 1.165) is 33.7 Å². The van der Waals surface area contributed by atoms with Gasteiger partial charge in [-0.15, -0.1) is 0 Å². The first kappa shape index (κ1) is 20.0. The monoisotopic (exact) mass is 403 g/mol. The molecular formula is C26H26FNO2. The lowest BCUT2D eigenvalue weighted by atomic mass is 9.85. The number of fused-ring (bicyclic) bond motifs is 1. The van der Waals surface area contributed by atoms with Crippen molar-refractivity contribution in [3.8, 4) is 22.6 Å². The van der Waals surface area contributed by atoms with Gasteiger partial charge in [0, 0.05) is 28.4 Å². The molecule has 1 aliphatic rings. The van der Waals surface area contributed by atoms with E-state index < -0.39 is 0 Å². The second-order valence-corrected chi connectivity index (χ2v) is 8.13. The molecule has 0 fully saturated rings. The highest BCUT2D eigenvalue weighted by atomic mass is 19.1. The van der Waals surface area contributed by atoms with Crippen LogP contribution in [0.2, 0.25) is 0 Å². The van der Waals surface area contributed by atoms with Gasteiger partial charge in [-0.3, -0.25) is 0 Å². The van der Waals surface area contributed by atoms with Crippen LogP contribution in [0.15, 0.2) is 66.7 Å². The Morgan fingerprint density at radius 3 is 2.43 bits per heavy atom. The molecule has 0 bridgehead atoms. The van der Waals surface area contributed by atoms with Gasteiger partial charge in [0.05, 0.1) is 12.6 Å². The zero-order valence-corrected chi connectivity index (χ0v) is 17.8. The molecule has 4 rings (SSSR count). The summed E-state index contributed by atoms with van der Waals surface area (Å²) in [5.74, 6) is 0.981. The molecule has 30 heavy (non-hydrogen) atoms. The van der Waals surface area contributed by atoms with E-state index in [0.29, 0.717) is 12.4 Å². The largest absolute Gasteiger partial charge is 0.496 e. The van der Waals surface area contributed by atoms with E-state index >= 15 is 0 Å². The van der Waals surface area contributed by atoms with Crippen LogP contribution >= 0.6 is 0 Å². The summed E-state index contributed by atoms with van der Waals surface area (Å²) in [7, 11) is 1.56. The van der Waals surface area contributed by atoms with E-state index in [1.54, 1.807) is 13.2 Å². The summed E-state index contributed by atoms with van der Waals surface area (Å²) < 4.78 is 25.5. The second kappa shape index (κ2) is 7.86. The van der Waals surface area contributed by atoms with Crippen molar-refractivity contribution in [2.75, 3.05) is 12.4 Å².